The normalized spacial score (nSPS) is 11.1. The average Bonchev–Trinajstić information content (AvgIpc) is 2.83. The number of rotatable bonds is 9. The Labute approximate surface area is 199 Å². The van der Waals surface area contributed by atoms with Gasteiger partial charge in [0.15, 0.2) is 0 Å². The van der Waals surface area contributed by atoms with Crippen LogP contribution in [-0.4, -0.2) is 47.0 Å². The van der Waals surface area contributed by atoms with E-state index >= 15 is 0 Å². The lowest BCUT2D eigenvalue weighted by Crippen LogP contribution is -2.41. The third-order valence-electron chi connectivity index (χ3n) is 5.32. The van der Waals surface area contributed by atoms with Crippen LogP contribution in [0.15, 0.2) is 71.6 Å². The van der Waals surface area contributed by atoms with Crippen LogP contribution in [0.5, 0.6) is 11.5 Å². The van der Waals surface area contributed by atoms with Crippen LogP contribution in [0.2, 0.25) is 0 Å². The number of carbonyl (C=O) groups excluding carboxylic acids is 1. The van der Waals surface area contributed by atoms with Crippen LogP contribution in [0.1, 0.15) is 11.1 Å². The zero-order chi connectivity index (χ0) is 24.9. The number of ether oxygens (including phenoxy) is 2. The second-order valence-corrected chi connectivity index (χ2v) is 9.54. The number of benzene rings is 3. The number of likely N-dealkylation sites (N-methyl/N-ethyl adjacent to an activating group) is 1. The molecule has 0 aliphatic rings. The van der Waals surface area contributed by atoms with E-state index in [0.29, 0.717) is 11.3 Å². The summed E-state index contributed by atoms with van der Waals surface area (Å²) in [5.74, 6) is -0.242. The number of carbonyl (C=O) groups is 1. The molecule has 0 unspecified atom stereocenters. The Morgan fingerprint density at radius 3 is 2.26 bits per heavy atom. The number of hydrogen-bond donors (Lipinski definition) is 0. The first kappa shape index (κ1) is 25.0. The largest absolute Gasteiger partial charge is 0.497 e. The van der Waals surface area contributed by atoms with Crippen LogP contribution in [0.3, 0.4) is 0 Å². The van der Waals surface area contributed by atoms with E-state index in [-0.39, 0.29) is 22.9 Å². The maximum Gasteiger partial charge on any atom is 0.268 e. The molecule has 0 saturated carbocycles. The fourth-order valence-electron chi connectivity index (χ4n) is 3.38. The molecule has 0 aliphatic carbocycles. The molecule has 0 heterocycles. The minimum atomic E-state index is -4.20. The van der Waals surface area contributed by atoms with E-state index in [4.69, 9.17) is 9.47 Å². The molecule has 0 saturated heterocycles. The standard InChI is InChI=1S/C25H27FN2O5S/c1-18-9-14-23(33-4)24(15-18)34(30,31)28(20-10-12-21(32-3)13-11-20)17-25(29)27(2)16-19-7-5-6-8-22(19)26/h5-15H,16-17H2,1-4H3. The van der Waals surface area contributed by atoms with Gasteiger partial charge in [-0.25, -0.2) is 12.8 Å². The van der Waals surface area contributed by atoms with Crippen LogP contribution < -0.4 is 13.8 Å². The first-order chi connectivity index (χ1) is 16.2. The van der Waals surface area contributed by atoms with Gasteiger partial charge < -0.3 is 14.4 Å². The fourth-order valence-corrected chi connectivity index (χ4v) is 5.04. The summed E-state index contributed by atoms with van der Waals surface area (Å²) in [7, 11) is 0.184. The van der Waals surface area contributed by atoms with Gasteiger partial charge in [-0.2, -0.15) is 0 Å². The molecule has 0 aromatic heterocycles. The highest BCUT2D eigenvalue weighted by Crippen LogP contribution is 2.31. The number of hydrogen-bond acceptors (Lipinski definition) is 5. The quantitative estimate of drug-likeness (QED) is 0.457. The van der Waals surface area contributed by atoms with Crippen molar-refractivity contribution in [3.63, 3.8) is 0 Å². The van der Waals surface area contributed by atoms with Crippen molar-refractivity contribution in [2.75, 3.05) is 32.1 Å². The van der Waals surface area contributed by atoms with Crippen molar-refractivity contribution in [1.82, 2.24) is 4.90 Å². The van der Waals surface area contributed by atoms with Gasteiger partial charge >= 0.3 is 0 Å². The van der Waals surface area contributed by atoms with Gasteiger partial charge in [0.05, 0.1) is 19.9 Å². The van der Waals surface area contributed by atoms with Crippen molar-refractivity contribution in [3.8, 4) is 11.5 Å². The Morgan fingerprint density at radius 2 is 1.65 bits per heavy atom. The predicted molar refractivity (Wildman–Crippen MR) is 128 cm³/mol. The fraction of sp³-hybridized carbons (Fsp3) is 0.240. The summed E-state index contributed by atoms with van der Waals surface area (Å²) in [4.78, 5) is 14.3. The van der Waals surface area contributed by atoms with Gasteiger partial charge in [-0.05, 0) is 55.0 Å². The number of halogens is 1. The van der Waals surface area contributed by atoms with Crippen LogP contribution in [0, 0.1) is 12.7 Å². The third kappa shape index (κ3) is 5.48. The summed E-state index contributed by atoms with van der Waals surface area (Å²) in [5.41, 5.74) is 1.33. The van der Waals surface area contributed by atoms with Crippen molar-refractivity contribution < 1.29 is 27.1 Å². The van der Waals surface area contributed by atoms with Crippen molar-refractivity contribution >= 4 is 21.6 Å². The first-order valence-corrected chi connectivity index (χ1v) is 11.9. The van der Waals surface area contributed by atoms with E-state index in [9.17, 15) is 17.6 Å². The Balaban J connectivity index is 1.99. The highest BCUT2D eigenvalue weighted by Gasteiger charge is 2.31. The minimum absolute atomic E-state index is 0.00419. The summed E-state index contributed by atoms with van der Waals surface area (Å²) in [5, 5.41) is 0. The molecule has 0 spiro atoms. The summed E-state index contributed by atoms with van der Waals surface area (Å²) in [6.45, 7) is 1.27. The molecule has 180 valence electrons. The van der Waals surface area contributed by atoms with E-state index < -0.39 is 28.3 Å². The van der Waals surface area contributed by atoms with Gasteiger partial charge in [0.2, 0.25) is 5.91 Å². The van der Waals surface area contributed by atoms with E-state index in [1.165, 1.54) is 38.3 Å². The van der Waals surface area contributed by atoms with Crippen molar-refractivity contribution in [3.05, 3.63) is 83.7 Å². The van der Waals surface area contributed by atoms with Gasteiger partial charge in [0.1, 0.15) is 28.8 Å². The summed E-state index contributed by atoms with van der Waals surface area (Å²) in [6.07, 6.45) is 0. The molecular formula is C25H27FN2O5S. The van der Waals surface area contributed by atoms with Crippen LogP contribution in [0.25, 0.3) is 0 Å². The van der Waals surface area contributed by atoms with E-state index in [1.807, 2.05) is 0 Å². The molecule has 3 rings (SSSR count). The first-order valence-electron chi connectivity index (χ1n) is 10.5. The summed E-state index contributed by atoms with van der Waals surface area (Å²) >= 11 is 0. The van der Waals surface area contributed by atoms with Crippen molar-refractivity contribution in [2.45, 2.75) is 18.4 Å². The summed E-state index contributed by atoms with van der Waals surface area (Å²) in [6, 6.07) is 17.3. The summed E-state index contributed by atoms with van der Waals surface area (Å²) < 4.78 is 53.1. The minimum Gasteiger partial charge on any atom is -0.497 e. The lowest BCUT2D eigenvalue weighted by molar-refractivity contribution is -0.128. The predicted octanol–water partition coefficient (Wildman–Crippen LogP) is 4.01. The second-order valence-electron chi connectivity index (χ2n) is 7.71. The zero-order valence-electron chi connectivity index (χ0n) is 19.5. The number of methoxy groups -OCH3 is 2. The molecule has 0 bridgehead atoms. The van der Waals surface area contributed by atoms with Crippen LogP contribution >= 0.6 is 0 Å². The van der Waals surface area contributed by atoms with E-state index in [1.54, 1.807) is 61.5 Å². The molecule has 3 aromatic carbocycles. The van der Waals surface area contributed by atoms with E-state index in [2.05, 4.69) is 0 Å². The lowest BCUT2D eigenvalue weighted by Gasteiger charge is -2.27. The molecule has 0 radical (unpaired) electrons. The molecule has 7 nitrogen and oxygen atoms in total. The van der Waals surface area contributed by atoms with Gasteiger partial charge in [-0.3, -0.25) is 9.10 Å². The number of sulfonamides is 1. The molecule has 9 heteroatoms. The zero-order valence-corrected chi connectivity index (χ0v) is 20.3. The molecule has 3 aromatic rings. The monoisotopic (exact) mass is 486 g/mol. The molecule has 0 N–H and O–H groups in total. The van der Waals surface area contributed by atoms with E-state index in [0.717, 1.165) is 9.87 Å². The molecule has 0 aliphatic heterocycles. The maximum absolute atomic E-state index is 14.1. The number of amides is 1. The van der Waals surface area contributed by atoms with Crippen LogP contribution in [-0.2, 0) is 21.4 Å². The van der Waals surface area contributed by atoms with Crippen molar-refractivity contribution in [1.29, 1.82) is 0 Å². The number of aryl methyl sites for hydroxylation is 1. The molecule has 0 fully saturated rings. The number of nitrogens with zero attached hydrogens (tertiary/aromatic N) is 2. The SMILES string of the molecule is COc1ccc(N(CC(=O)N(C)Cc2ccccc2F)S(=O)(=O)c2cc(C)ccc2OC)cc1. The topological polar surface area (TPSA) is 76.2 Å². The van der Waals surface area contributed by atoms with Crippen molar-refractivity contribution in [2.24, 2.45) is 0 Å². The Morgan fingerprint density at radius 1 is 0.971 bits per heavy atom. The maximum atomic E-state index is 14.1. The molecule has 34 heavy (non-hydrogen) atoms. The Bertz CT molecular complexity index is 1260. The smallest absolute Gasteiger partial charge is 0.268 e. The Hall–Kier alpha value is -3.59. The van der Waals surface area contributed by atoms with Gasteiger partial charge in [0, 0.05) is 19.2 Å². The van der Waals surface area contributed by atoms with Gasteiger partial charge in [0.25, 0.3) is 10.0 Å². The highest BCUT2D eigenvalue weighted by atomic mass is 32.2. The van der Waals surface area contributed by atoms with Gasteiger partial charge in [-0.1, -0.05) is 24.3 Å². The van der Waals surface area contributed by atoms with Gasteiger partial charge in [-0.15, -0.1) is 0 Å². The molecular weight excluding hydrogens is 459 g/mol. The lowest BCUT2D eigenvalue weighted by atomic mass is 10.2. The second kappa shape index (κ2) is 10.6. The average molecular weight is 487 g/mol. The number of anilines is 1. The molecule has 0 atom stereocenters. The van der Waals surface area contributed by atoms with Crippen LogP contribution in [0.4, 0.5) is 10.1 Å². The highest BCUT2D eigenvalue weighted by molar-refractivity contribution is 7.93. The third-order valence-corrected chi connectivity index (χ3v) is 7.11. The Kier molecular flexibility index (Phi) is 7.78. The molecule has 1 amide bonds.